The zero-order valence-electron chi connectivity index (χ0n) is 12.1. The van der Waals surface area contributed by atoms with Crippen LogP contribution in [0.15, 0.2) is 35.9 Å². The lowest BCUT2D eigenvalue weighted by atomic mass is 9.90. The van der Waals surface area contributed by atoms with E-state index in [4.69, 9.17) is 23.8 Å². The Morgan fingerprint density at radius 2 is 1.91 bits per heavy atom. The number of hydrogen-bond donors (Lipinski definition) is 2. The smallest absolute Gasteiger partial charge is 0.269 e. The van der Waals surface area contributed by atoms with Crippen LogP contribution in [0.5, 0.6) is 0 Å². The highest BCUT2D eigenvalue weighted by molar-refractivity contribution is 7.80. The Balaban J connectivity index is 2.44. The summed E-state index contributed by atoms with van der Waals surface area (Å²) in [5, 5.41) is 12.3. The third-order valence-electron chi connectivity index (χ3n) is 3.13. The molecule has 0 saturated carbocycles. The molecular weight excluding hydrogens is 324 g/mol. The van der Waals surface area contributed by atoms with E-state index in [0.29, 0.717) is 10.7 Å². The van der Waals surface area contributed by atoms with E-state index in [1.807, 2.05) is 0 Å². The molecule has 1 aromatic carbocycles. The number of rotatable bonds is 3. The van der Waals surface area contributed by atoms with Crippen molar-refractivity contribution in [2.75, 3.05) is 11.5 Å². The maximum Gasteiger partial charge on any atom is 0.269 e. The van der Waals surface area contributed by atoms with Crippen LogP contribution in [0.1, 0.15) is 13.8 Å². The Morgan fingerprint density at radius 3 is 2.45 bits per heavy atom. The number of thiocarbonyl (C=S) groups is 1. The number of nitrogens with one attached hydrogen (secondary N) is 1. The lowest BCUT2D eigenvalue weighted by Gasteiger charge is -2.30. The Hall–Kier alpha value is -1.76. The van der Waals surface area contributed by atoms with E-state index in [-0.39, 0.29) is 17.3 Å². The van der Waals surface area contributed by atoms with E-state index in [1.54, 1.807) is 38.1 Å². The van der Waals surface area contributed by atoms with E-state index in [9.17, 15) is 14.7 Å². The number of hydrogen-bond acceptors (Lipinski definition) is 4. The zero-order valence-corrected chi connectivity index (χ0v) is 13.7. The average Bonchev–Trinajstić information content (AvgIpc) is 2.45. The number of aliphatic hydroxyl groups excluding tert-OH is 1. The molecule has 0 unspecified atom stereocenters. The minimum Gasteiger partial charge on any atom is -0.395 e. The van der Waals surface area contributed by atoms with Gasteiger partial charge in [-0.25, -0.2) is 0 Å². The number of carbonyl (C=O) groups excluding carboxylic acids is 2. The van der Waals surface area contributed by atoms with E-state index in [2.05, 4.69) is 5.32 Å². The average molecular weight is 339 g/mol. The number of halogens is 1. The molecule has 0 aliphatic carbocycles. The van der Waals surface area contributed by atoms with Gasteiger partial charge in [0.1, 0.15) is 5.57 Å². The Kier molecular flexibility index (Phi) is 4.65. The van der Waals surface area contributed by atoms with E-state index in [0.717, 1.165) is 0 Å². The molecule has 0 spiro atoms. The number of aliphatic hydroxyl groups is 1. The summed E-state index contributed by atoms with van der Waals surface area (Å²) in [6, 6.07) is 6.53. The summed E-state index contributed by atoms with van der Waals surface area (Å²) < 4.78 is 0. The fourth-order valence-electron chi connectivity index (χ4n) is 1.92. The molecule has 1 saturated heterocycles. The van der Waals surface area contributed by atoms with Gasteiger partial charge in [-0.3, -0.25) is 19.8 Å². The summed E-state index contributed by atoms with van der Waals surface area (Å²) in [4.78, 5) is 25.9. The highest BCUT2D eigenvalue weighted by Crippen LogP contribution is 2.25. The third kappa shape index (κ3) is 3.35. The fourth-order valence-corrected chi connectivity index (χ4v) is 2.33. The first-order valence-electron chi connectivity index (χ1n) is 6.54. The maximum atomic E-state index is 12.6. The van der Waals surface area contributed by atoms with Gasteiger partial charge >= 0.3 is 0 Å². The molecule has 1 aliphatic heterocycles. The molecule has 22 heavy (non-hydrogen) atoms. The summed E-state index contributed by atoms with van der Waals surface area (Å²) in [7, 11) is 0. The molecule has 1 heterocycles. The van der Waals surface area contributed by atoms with Crippen molar-refractivity contribution in [1.82, 2.24) is 5.32 Å². The molecule has 2 amide bonds. The van der Waals surface area contributed by atoms with Gasteiger partial charge < -0.3 is 5.11 Å². The van der Waals surface area contributed by atoms with Gasteiger partial charge in [0.25, 0.3) is 11.8 Å². The quantitative estimate of drug-likeness (QED) is 0.502. The number of nitrogens with zero attached hydrogens (tertiary/aromatic N) is 1. The van der Waals surface area contributed by atoms with Crippen LogP contribution < -0.4 is 10.2 Å². The summed E-state index contributed by atoms with van der Waals surface area (Å²) >= 11 is 10.9. The normalized spacial score (nSPS) is 17.9. The van der Waals surface area contributed by atoms with Crippen molar-refractivity contribution in [2.24, 2.45) is 5.41 Å². The van der Waals surface area contributed by atoms with Crippen molar-refractivity contribution < 1.29 is 14.7 Å². The van der Waals surface area contributed by atoms with Crippen LogP contribution in [-0.4, -0.2) is 28.6 Å². The molecule has 1 fully saturated rings. The van der Waals surface area contributed by atoms with Crippen molar-refractivity contribution >= 4 is 46.4 Å². The SMILES string of the molecule is CC(C)(C=C1C(=O)NC(=S)N(c2ccc(Cl)cc2)C1=O)CO. The number of amides is 2. The molecule has 7 heteroatoms. The van der Waals surface area contributed by atoms with Crippen LogP contribution >= 0.6 is 23.8 Å². The topological polar surface area (TPSA) is 69.6 Å². The van der Waals surface area contributed by atoms with Gasteiger partial charge in [0, 0.05) is 10.4 Å². The molecule has 116 valence electrons. The molecule has 1 aromatic rings. The van der Waals surface area contributed by atoms with Gasteiger partial charge in [0.2, 0.25) is 0 Å². The zero-order chi connectivity index (χ0) is 16.5. The van der Waals surface area contributed by atoms with Crippen LogP contribution in [-0.2, 0) is 9.59 Å². The van der Waals surface area contributed by atoms with Gasteiger partial charge in [-0.1, -0.05) is 31.5 Å². The summed E-state index contributed by atoms with van der Waals surface area (Å²) in [5.74, 6) is -1.10. The van der Waals surface area contributed by atoms with Crippen LogP contribution in [0.2, 0.25) is 5.02 Å². The minimum atomic E-state index is -0.701. The van der Waals surface area contributed by atoms with E-state index >= 15 is 0 Å². The Labute approximate surface area is 138 Å². The predicted molar refractivity (Wildman–Crippen MR) is 88.6 cm³/mol. The van der Waals surface area contributed by atoms with Gasteiger partial charge in [-0.2, -0.15) is 0 Å². The van der Waals surface area contributed by atoms with Crippen molar-refractivity contribution in [3.05, 3.63) is 40.9 Å². The molecule has 1 aliphatic rings. The van der Waals surface area contributed by atoms with Gasteiger partial charge in [0.05, 0.1) is 12.3 Å². The second kappa shape index (κ2) is 6.16. The summed E-state index contributed by atoms with van der Waals surface area (Å²) in [5.41, 5.74) is -0.248. The Morgan fingerprint density at radius 1 is 1.32 bits per heavy atom. The molecule has 0 atom stereocenters. The molecule has 0 aromatic heterocycles. The molecular formula is C15H15ClN2O3S. The summed E-state index contributed by atoms with van der Waals surface area (Å²) in [6.07, 6.45) is 1.45. The monoisotopic (exact) mass is 338 g/mol. The maximum absolute atomic E-state index is 12.6. The van der Waals surface area contributed by atoms with Crippen LogP contribution in [0.4, 0.5) is 5.69 Å². The first kappa shape index (κ1) is 16.6. The van der Waals surface area contributed by atoms with E-state index < -0.39 is 17.2 Å². The fraction of sp³-hybridized carbons (Fsp3) is 0.267. The van der Waals surface area contributed by atoms with Crippen LogP contribution in [0.3, 0.4) is 0 Å². The molecule has 0 bridgehead atoms. The number of carbonyl (C=O) groups is 2. The number of benzene rings is 1. The van der Waals surface area contributed by atoms with Gasteiger partial charge in [0.15, 0.2) is 5.11 Å². The number of anilines is 1. The molecule has 0 radical (unpaired) electrons. The third-order valence-corrected chi connectivity index (χ3v) is 3.67. The molecule has 5 nitrogen and oxygen atoms in total. The highest BCUT2D eigenvalue weighted by Gasteiger charge is 2.35. The predicted octanol–water partition coefficient (Wildman–Crippen LogP) is 2.03. The lowest BCUT2D eigenvalue weighted by Crippen LogP contribution is -2.54. The van der Waals surface area contributed by atoms with Crippen LogP contribution in [0, 0.1) is 5.41 Å². The van der Waals surface area contributed by atoms with Crippen molar-refractivity contribution in [3.63, 3.8) is 0 Å². The largest absolute Gasteiger partial charge is 0.395 e. The van der Waals surface area contributed by atoms with Crippen molar-refractivity contribution in [2.45, 2.75) is 13.8 Å². The second-order valence-corrected chi connectivity index (χ2v) is 6.40. The van der Waals surface area contributed by atoms with Crippen LogP contribution in [0.25, 0.3) is 0 Å². The van der Waals surface area contributed by atoms with Crippen molar-refractivity contribution in [1.29, 1.82) is 0 Å². The summed E-state index contributed by atoms with van der Waals surface area (Å²) in [6.45, 7) is 3.25. The lowest BCUT2D eigenvalue weighted by molar-refractivity contribution is -0.122. The standard InChI is InChI=1S/C15H15ClN2O3S/c1-15(2,8-19)7-11-12(20)17-14(22)18(13(11)21)10-5-3-9(16)4-6-10/h3-7,19H,8H2,1-2H3,(H,17,20,22). The van der Waals surface area contributed by atoms with Gasteiger partial charge in [-0.05, 0) is 36.5 Å². The van der Waals surface area contributed by atoms with E-state index in [1.165, 1.54) is 11.0 Å². The highest BCUT2D eigenvalue weighted by atomic mass is 35.5. The van der Waals surface area contributed by atoms with Gasteiger partial charge in [-0.15, -0.1) is 0 Å². The second-order valence-electron chi connectivity index (χ2n) is 5.58. The van der Waals surface area contributed by atoms with Crippen molar-refractivity contribution in [3.8, 4) is 0 Å². The Bertz CT molecular complexity index is 668. The minimum absolute atomic E-state index is 0.0104. The first-order chi connectivity index (χ1) is 10.2. The molecule has 2 N–H and O–H groups in total. The first-order valence-corrected chi connectivity index (χ1v) is 7.33. The molecule has 2 rings (SSSR count).